The van der Waals surface area contributed by atoms with Crippen LogP contribution in [0.25, 0.3) is 75.6 Å². The van der Waals surface area contributed by atoms with Gasteiger partial charge < -0.3 is 0 Å². The molecule has 8 rings (SSSR count). The van der Waals surface area contributed by atoms with Crippen LogP contribution >= 0.6 is 11.3 Å². The third kappa shape index (κ3) is 3.76. The maximum Gasteiger partial charge on any atom is 0.123 e. The average molecular weight is 533 g/mol. The Bertz CT molecular complexity index is 2210. The van der Waals surface area contributed by atoms with Gasteiger partial charge in [-0.15, -0.1) is 11.3 Å². The minimum atomic E-state index is -0.257. The second kappa shape index (κ2) is 9.08. The minimum Gasteiger partial charge on any atom is -0.245 e. The fourth-order valence-corrected chi connectivity index (χ4v) is 6.74. The average Bonchev–Trinajstić information content (AvgIpc) is 3.40. The summed E-state index contributed by atoms with van der Waals surface area (Å²) in [5.74, 6) is -0.257. The number of fused-ring (bicyclic) bond motifs is 6. The van der Waals surface area contributed by atoms with E-state index in [1.54, 1.807) is 12.1 Å². The Morgan fingerprint density at radius 2 is 1.02 bits per heavy atom. The zero-order valence-electron chi connectivity index (χ0n) is 21.3. The number of nitrogens with zero attached hydrogens (tertiary/aromatic N) is 2. The SMILES string of the molecule is Fc1ccc(-c2ccc3ccc4ccc(-c5ccc(-c6cccc7c6sc6ccccc67)cc5)nc4c3n2)cc1. The van der Waals surface area contributed by atoms with E-state index in [-0.39, 0.29) is 5.82 Å². The molecular formula is C36H21FN2S. The Labute approximate surface area is 234 Å². The molecule has 0 aliphatic rings. The van der Waals surface area contributed by atoms with Crippen LogP contribution in [0.15, 0.2) is 127 Å². The lowest BCUT2D eigenvalue weighted by Crippen LogP contribution is -1.91. The van der Waals surface area contributed by atoms with Crippen molar-refractivity contribution in [3.8, 4) is 33.6 Å². The third-order valence-electron chi connectivity index (χ3n) is 7.56. The van der Waals surface area contributed by atoms with Gasteiger partial charge in [-0.3, -0.25) is 0 Å². The van der Waals surface area contributed by atoms with Crippen molar-refractivity contribution < 1.29 is 4.39 Å². The van der Waals surface area contributed by atoms with Crippen molar-refractivity contribution in [2.75, 3.05) is 0 Å². The van der Waals surface area contributed by atoms with Gasteiger partial charge in [0.05, 0.1) is 22.4 Å². The van der Waals surface area contributed by atoms with E-state index in [1.165, 1.54) is 43.4 Å². The van der Waals surface area contributed by atoms with Crippen LogP contribution in [0.4, 0.5) is 4.39 Å². The second-order valence-corrected chi connectivity index (χ2v) is 11.0. The van der Waals surface area contributed by atoms with Crippen LogP contribution < -0.4 is 0 Å². The van der Waals surface area contributed by atoms with Crippen molar-refractivity contribution in [3.05, 3.63) is 133 Å². The third-order valence-corrected chi connectivity index (χ3v) is 8.78. The first-order chi connectivity index (χ1) is 19.7. The van der Waals surface area contributed by atoms with Crippen molar-refractivity contribution in [3.63, 3.8) is 0 Å². The molecule has 0 spiro atoms. The highest BCUT2D eigenvalue weighted by atomic mass is 32.1. The summed E-state index contributed by atoms with van der Waals surface area (Å²) in [6.07, 6.45) is 0. The van der Waals surface area contributed by atoms with Gasteiger partial charge in [-0.25, -0.2) is 14.4 Å². The van der Waals surface area contributed by atoms with E-state index in [4.69, 9.17) is 9.97 Å². The molecule has 5 aromatic carbocycles. The van der Waals surface area contributed by atoms with Crippen LogP contribution in [0.2, 0.25) is 0 Å². The number of hydrogen-bond donors (Lipinski definition) is 0. The zero-order valence-corrected chi connectivity index (χ0v) is 22.1. The molecule has 0 saturated heterocycles. The smallest absolute Gasteiger partial charge is 0.123 e. The lowest BCUT2D eigenvalue weighted by atomic mass is 10.00. The van der Waals surface area contributed by atoms with Crippen molar-refractivity contribution in [2.24, 2.45) is 0 Å². The first-order valence-corrected chi connectivity index (χ1v) is 14.0. The Morgan fingerprint density at radius 3 is 1.70 bits per heavy atom. The lowest BCUT2D eigenvalue weighted by Gasteiger charge is -2.09. The van der Waals surface area contributed by atoms with Crippen LogP contribution in [-0.2, 0) is 0 Å². The number of rotatable bonds is 3. The molecule has 8 aromatic rings. The molecule has 0 N–H and O–H groups in total. The number of hydrogen-bond acceptors (Lipinski definition) is 3. The van der Waals surface area contributed by atoms with E-state index in [0.29, 0.717) is 0 Å². The Kier molecular flexibility index (Phi) is 5.22. The topological polar surface area (TPSA) is 25.8 Å². The fraction of sp³-hybridized carbons (Fsp3) is 0. The fourth-order valence-electron chi connectivity index (χ4n) is 5.50. The van der Waals surface area contributed by atoms with E-state index in [0.717, 1.165) is 44.3 Å². The Balaban J connectivity index is 1.21. The van der Waals surface area contributed by atoms with E-state index in [1.807, 2.05) is 17.4 Å². The largest absolute Gasteiger partial charge is 0.245 e. The Hall–Kier alpha value is -4.93. The number of halogens is 1. The van der Waals surface area contributed by atoms with Crippen LogP contribution in [-0.4, -0.2) is 9.97 Å². The normalized spacial score (nSPS) is 11.6. The minimum absolute atomic E-state index is 0.257. The number of aromatic nitrogens is 2. The van der Waals surface area contributed by atoms with E-state index >= 15 is 0 Å². The molecule has 0 fully saturated rings. The monoisotopic (exact) mass is 532 g/mol. The predicted octanol–water partition coefficient (Wildman–Crippen LogP) is 10.3. The summed E-state index contributed by atoms with van der Waals surface area (Å²) in [5.41, 5.74) is 7.78. The van der Waals surface area contributed by atoms with Crippen molar-refractivity contribution in [1.82, 2.24) is 9.97 Å². The molecule has 0 aliphatic carbocycles. The summed E-state index contributed by atoms with van der Waals surface area (Å²) < 4.78 is 16.1. The predicted molar refractivity (Wildman–Crippen MR) is 166 cm³/mol. The quantitative estimate of drug-likeness (QED) is 0.212. The van der Waals surface area contributed by atoms with Gasteiger partial charge >= 0.3 is 0 Å². The summed E-state index contributed by atoms with van der Waals surface area (Å²) >= 11 is 1.85. The van der Waals surface area contributed by atoms with E-state index < -0.39 is 0 Å². The van der Waals surface area contributed by atoms with Gasteiger partial charge in [0.2, 0.25) is 0 Å². The van der Waals surface area contributed by atoms with Crippen LogP contribution in [0, 0.1) is 5.82 Å². The molecule has 2 nitrogen and oxygen atoms in total. The highest BCUT2D eigenvalue weighted by Gasteiger charge is 2.12. The van der Waals surface area contributed by atoms with Crippen LogP contribution in [0.1, 0.15) is 0 Å². The molecule has 3 heterocycles. The maximum absolute atomic E-state index is 13.5. The van der Waals surface area contributed by atoms with E-state index in [2.05, 4.69) is 97.1 Å². The van der Waals surface area contributed by atoms with Gasteiger partial charge in [-0.1, -0.05) is 84.9 Å². The summed E-state index contributed by atoms with van der Waals surface area (Å²) in [6, 6.07) is 42.7. The molecule has 0 saturated carbocycles. The van der Waals surface area contributed by atoms with Crippen molar-refractivity contribution >= 4 is 53.3 Å². The first-order valence-electron chi connectivity index (χ1n) is 13.2. The molecule has 0 radical (unpaired) electrons. The summed E-state index contributed by atoms with van der Waals surface area (Å²) in [6.45, 7) is 0. The molecule has 0 bridgehead atoms. The zero-order chi connectivity index (χ0) is 26.6. The molecule has 40 heavy (non-hydrogen) atoms. The standard InChI is InChI=1S/C36H21FN2S/c37-27-18-14-24(15-19-27)32-21-17-26-13-12-25-16-20-31(38-34(25)35(26)39-32)23-10-8-22(9-11-23)28-5-3-6-30-29-4-1-2-7-33(29)40-36(28)30/h1-21H. The highest BCUT2D eigenvalue weighted by Crippen LogP contribution is 2.40. The Morgan fingerprint density at radius 1 is 0.475 bits per heavy atom. The lowest BCUT2D eigenvalue weighted by molar-refractivity contribution is 0.628. The molecular weight excluding hydrogens is 511 g/mol. The summed E-state index contributed by atoms with van der Waals surface area (Å²) in [5, 5.41) is 4.67. The second-order valence-electron chi connectivity index (χ2n) is 9.97. The van der Waals surface area contributed by atoms with Gasteiger partial charge in [0.1, 0.15) is 5.82 Å². The maximum atomic E-state index is 13.5. The molecule has 0 atom stereocenters. The molecule has 0 amide bonds. The van der Waals surface area contributed by atoms with Gasteiger partial charge in [0, 0.05) is 42.1 Å². The van der Waals surface area contributed by atoms with Gasteiger partial charge in [0.15, 0.2) is 0 Å². The molecule has 3 aromatic heterocycles. The molecule has 0 aliphatic heterocycles. The highest BCUT2D eigenvalue weighted by molar-refractivity contribution is 7.26. The van der Waals surface area contributed by atoms with Crippen LogP contribution in [0.5, 0.6) is 0 Å². The number of benzene rings is 5. The van der Waals surface area contributed by atoms with Gasteiger partial charge in [0.25, 0.3) is 0 Å². The summed E-state index contributed by atoms with van der Waals surface area (Å²) in [4.78, 5) is 10.0. The van der Waals surface area contributed by atoms with Crippen molar-refractivity contribution in [2.45, 2.75) is 0 Å². The van der Waals surface area contributed by atoms with Crippen molar-refractivity contribution in [1.29, 1.82) is 0 Å². The molecule has 4 heteroatoms. The summed E-state index contributed by atoms with van der Waals surface area (Å²) in [7, 11) is 0. The molecule has 188 valence electrons. The van der Waals surface area contributed by atoms with Gasteiger partial charge in [-0.2, -0.15) is 0 Å². The molecule has 0 unspecified atom stereocenters. The van der Waals surface area contributed by atoms with Crippen LogP contribution in [0.3, 0.4) is 0 Å². The first kappa shape index (κ1) is 23.0. The number of thiophene rings is 1. The van der Waals surface area contributed by atoms with Gasteiger partial charge in [-0.05, 0) is 53.6 Å². The number of pyridine rings is 2. The van der Waals surface area contributed by atoms with E-state index in [9.17, 15) is 4.39 Å².